The normalized spacial score (nSPS) is 9.33. The van der Waals surface area contributed by atoms with Crippen LogP contribution >= 0.6 is 12.2 Å². The van der Waals surface area contributed by atoms with Gasteiger partial charge in [-0.2, -0.15) is 0 Å². The highest BCUT2D eigenvalue weighted by Gasteiger charge is 2.04. The first-order valence-corrected chi connectivity index (χ1v) is 3.98. The summed E-state index contributed by atoms with van der Waals surface area (Å²) in [6.45, 7) is 4.46. The Morgan fingerprint density at radius 3 is 2.58 bits per heavy atom. The molecule has 0 fully saturated rings. The molecule has 1 N–H and O–H groups in total. The molecule has 0 atom stereocenters. The van der Waals surface area contributed by atoms with Crippen molar-refractivity contribution in [3.8, 4) is 0 Å². The van der Waals surface area contributed by atoms with Crippen molar-refractivity contribution < 1.29 is 14.3 Å². The van der Waals surface area contributed by atoms with E-state index >= 15 is 0 Å². The minimum absolute atomic E-state index is 0.0514. The fourth-order valence-electron chi connectivity index (χ4n) is 0.413. The van der Waals surface area contributed by atoms with Gasteiger partial charge >= 0.3 is 6.09 Å². The average molecular weight is 191 g/mol. The zero-order valence-corrected chi connectivity index (χ0v) is 8.23. The highest BCUT2D eigenvalue weighted by Crippen LogP contribution is 1.92. The highest BCUT2D eigenvalue weighted by molar-refractivity contribution is 7.80. The summed E-state index contributed by atoms with van der Waals surface area (Å²) in [5, 5.41) is 2.28. The summed E-state index contributed by atoms with van der Waals surface area (Å²) < 4.78 is 9.31. The Morgan fingerprint density at radius 2 is 2.17 bits per heavy atom. The Labute approximate surface area is 77.2 Å². The predicted molar refractivity (Wildman–Crippen MR) is 48.9 cm³/mol. The highest BCUT2D eigenvalue weighted by atomic mass is 32.1. The topological polar surface area (TPSA) is 47.6 Å². The van der Waals surface area contributed by atoms with Crippen LogP contribution in [-0.2, 0) is 9.47 Å². The van der Waals surface area contributed by atoms with E-state index in [4.69, 9.17) is 4.74 Å². The molecule has 0 bridgehead atoms. The van der Waals surface area contributed by atoms with E-state index in [2.05, 4.69) is 22.3 Å². The van der Waals surface area contributed by atoms with Gasteiger partial charge in [0, 0.05) is 0 Å². The van der Waals surface area contributed by atoms with Crippen molar-refractivity contribution in [3.05, 3.63) is 0 Å². The molecular weight excluding hydrogens is 178 g/mol. The Balaban J connectivity index is 3.53. The summed E-state index contributed by atoms with van der Waals surface area (Å²) in [4.78, 5) is 10.6. The van der Waals surface area contributed by atoms with E-state index < -0.39 is 6.09 Å². The van der Waals surface area contributed by atoms with Gasteiger partial charge < -0.3 is 9.47 Å². The van der Waals surface area contributed by atoms with Gasteiger partial charge in [-0.25, -0.2) is 4.79 Å². The number of alkyl carbamates (subject to hydrolysis) is 1. The van der Waals surface area contributed by atoms with E-state index in [0.29, 0.717) is 12.5 Å². The molecule has 0 unspecified atom stereocenters. The van der Waals surface area contributed by atoms with E-state index in [0.717, 1.165) is 0 Å². The van der Waals surface area contributed by atoms with Crippen LogP contribution in [0.15, 0.2) is 0 Å². The number of ether oxygens (including phenoxy) is 2. The molecule has 70 valence electrons. The Morgan fingerprint density at radius 1 is 1.58 bits per heavy atom. The van der Waals surface area contributed by atoms with Crippen LogP contribution in [0.25, 0.3) is 0 Å². The van der Waals surface area contributed by atoms with Crippen molar-refractivity contribution in [2.24, 2.45) is 5.92 Å². The predicted octanol–water partition coefficient (Wildman–Crippen LogP) is 1.30. The van der Waals surface area contributed by atoms with Crippen LogP contribution in [0.4, 0.5) is 4.79 Å². The van der Waals surface area contributed by atoms with Gasteiger partial charge in [0.2, 0.25) is 0 Å². The van der Waals surface area contributed by atoms with Gasteiger partial charge in [0.25, 0.3) is 5.17 Å². The molecule has 0 aromatic rings. The molecule has 12 heavy (non-hydrogen) atoms. The number of rotatable bonds is 2. The molecule has 5 heteroatoms. The molecule has 0 aliphatic carbocycles. The lowest BCUT2D eigenvalue weighted by atomic mass is 10.2. The second kappa shape index (κ2) is 5.77. The molecule has 0 heterocycles. The van der Waals surface area contributed by atoms with Crippen LogP contribution in [0.3, 0.4) is 0 Å². The minimum Gasteiger partial charge on any atom is -0.470 e. The number of amides is 1. The lowest BCUT2D eigenvalue weighted by Crippen LogP contribution is -2.31. The largest absolute Gasteiger partial charge is 0.470 e. The molecule has 0 aliphatic rings. The molecular formula is C7H13NO3S. The summed E-state index contributed by atoms with van der Waals surface area (Å²) in [5.74, 6) is 0.377. The number of nitrogens with one attached hydrogen (secondary N) is 1. The molecule has 0 saturated heterocycles. The molecule has 0 spiro atoms. The number of carbonyl (C=O) groups excluding carboxylic acids is 1. The Bertz CT molecular complexity index is 170. The van der Waals surface area contributed by atoms with Crippen molar-refractivity contribution in [2.45, 2.75) is 13.8 Å². The Hall–Kier alpha value is -0.840. The van der Waals surface area contributed by atoms with Gasteiger partial charge in [0.1, 0.15) is 0 Å². The van der Waals surface area contributed by atoms with Gasteiger partial charge in [0.15, 0.2) is 0 Å². The maximum Gasteiger partial charge on any atom is 0.414 e. The van der Waals surface area contributed by atoms with E-state index in [1.807, 2.05) is 13.8 Å². The van der Waals surface area contributed by atoms with Gasteiger partial charge in [-0.05, 0) is 18.1 Å². The number of methoxy groups -OCH3 is 1. The summed E-state index contributed by atoms with van der Waals surface area (Å²) in [5.41, 5.74) is 0. The average Bonchev–Trinajstić information content (AvgIpc) is 2.00. The summed E-state index contributed by atoms with van der Waals surface area (Å²) in [7, 11) is 1.26. The van der Waals surface area contributed by atoms with E-state index in [1.165, 1.54) is 7.11 Å². The van der Waals surface area contributed by atoms with Crippen LogP contribution in [-0.4, -0.2) is 25.0 Å². The number of thiocarbonyl (C=S) groups is 1. The number of hydrogen-bond donors (Lipinski definition) is 1. The zero-order chi connectivity index (χ0) is 9.56. The van der Waals surface area contributed by atoms with Crippen LogP contribution in [0.5, 0.6) is 0 Å². The standard InChI is InChI=1S/C7H13NO3S/c1-5(2)4-11-7(12)8-6(9)10-3/h5H,4H2,1-3H3,(H,8,9,12). The first-order chi connectivity index (χ1) is 5.56. The summed E-state index contributed by atoms with van der Waals surface area (Å²) >= 11 is 4.68. The number of carbonyl (C=O) groups is 1. The first-order valence-electron chi connectivity index (χ1n) is 3.58. The quantitative estimate of drug-likeness (QED) is 0.668. The maximum atomic E-state index is 10.6. The molecule has 0 aromatic carbocycles. The molecule has 0 aliphatic heterocycles. The molecule has 0 saturated carbocycles. The van der Waals surface area contributed by atoms with Crippen molar-refractivity contribution in [1.29, 1.82) is 0 Å². The van der Waals surface area contributed by atoms with Crippen molar-refractivity contribution >= 4 is 23.5 Å². The van der Waals surface area contributed by atoms with Crippen LogP contribution in [0.1, 0.15) is 13.8 Å². The third-order valence-corrected chi connectivity index (χ3v) is 1.16. The molecule has 0 aromatic heterocycles. The van der Waals surface area contributed by atoms with E-state index in [-0.39, 0.29) is 5.17 Å². The molecule has 4 nitrogen and oxygen atoms in total. The van der Waals surface area contributed by atoms with Crippen LogP contribution in [0, 0.1) is 5.92 Å². The minimum atomic E-state index is -0.608. The molecule has 0 radical (unpaired) electrons. The molecule has 1 amide bonds. The SMILES string of the molecule is COC(=O)NC(=S)OCC(C)C. The zero-order valence-electron chi connectivity index (χ0n) is 7.42. The fourth-order valence-corrected chi connectivity index (χ4v) is 0.564. The fraction of sp³-hybridized carbons (Fsp3) is 0.714. The van der Waals surface area contributed by atoms with Gasteiger partial charge in [-0.15, -0.1) is 0 Å². The van der Waals surface area contributed by atoms with Crippen molar-refractivity contribution in [3.63, 3.8) is 0 Å². The summed E-state index contributed by atoms with van der Waals surface area (Å²) in [6, 6.07) is 0. The van der Waals surface area contributed by atoms with Crippen molar-refractivity contribution in [2.75, 3.05) is 13.7 Å². The van der Waals surface area contributed by atoms with Gasteiger partial charge in [-0.1, -0.05) is 13.8 Å². The molecule has 0 rings (SSSR count). The third-order valence-electron chi connectivity index (χ3n) is 0.937. The third kappa shape index (κ3) is 5.91. The van der Waals surface area contributed by atoms with E-state index in [1.54, 1.807) is 0 Å². The van der Waals surface area contributed by atoms with Gasteiger partial charge in [0.05, 0.1) is 13.7 Å². The van der Waals surface area contributed by atoms with E-state index in [9.17, 15) is 4.79 Å². The van der Waals surface area contributed by atoms with Crippen LogP contribution < -0.4 is 5.32 Å². The second-order valence-corrected chi connectivity index (χ2v) is 2.98. The van der Waals surface area contributed by atoms with Crippen molar-refractivity contribution in [1.82, 2.24) is 5.32 Å². The van der Waals surface area contributed by atoms with Crippen LogP contribution in [0.2, 0.25) is 0 Å². The monoisotopic (exact) mass is 191 g/mol. The first kappa shape index (κ1) is 11.2. The number of hydrogen-bond acceptors (Lipinski definition) is 4. The summed E-state index contributed by atoms with van der Waals surface area (Å²) in [6.07, 6.45) is -0.608. The van der Waals surface area contributed by atoms with Gasteiger partial charge in [-0.3, -0.25) is 5.32 Å². The lowest BCUT2D eigenvalue weighted by Gasteiger charge is -2.09. The Kier molecular flexibility index (Phi) is 5.36. The lowest BCUT2D eigenvalue weighted by molar-refractivity contribution is 0.171. The maximum absolute atomic E-state index is 10.6. The second-order valence-electron chi connectivity index (χ2n) is 2.61. The smallest absolute Gasteiger partial charge is 0.414 e.